The van der Waals surface area contributed by atoms with Crippen molar-refractivity contribution in [3.63, 3.8) is 0 Å². The lowest BCUT2D eigenvalue weighted by Gasteiger charge is -2.29. The summed E-state index contributed by atoms with van der Waals surface area (Å²) in [7, 11) is 1.75. The predicted molar refractivity (Wildman–Crippen MR) is 135 cm³/mol. The molecule has 3 aromatic rings. The van der Waals surface area contributed by atoms with Crippen molar-refractivity contribution in [2.75, 3.05) is 17.3 Å². The summed E-state index contributed by atoms with van der Waals surface area (Å²) < 4.78 is 5.87. The molecule has 172 valence electrons. The van der Waals surface area contributed by atoms with Crippen molar-refractivity contribution in [3.8, 4) is 0 Å². The van der Waals surface area contributed by atoms with Crippen LogP contribution in [0.15, 0.2) is 81.4 Å². The number of carbonyl (C=O) groups excluding carboxylic acids is 1. The summed E-state index contributed by atoms with van der Waals surface area (Å²) in [6, 6.07) is 16.7. The summed E-state index contributed by atoms with van der Waals surface area (Å²) >= 11 is 6.55. The molecule has 1 amide bonds. The average molecular weight is 474 g/mol. The molecule has 5 rings (SSSR count). The zero-order valence-corrected chi connectivity index (χ0v) is 19.6. The van der Waals surface area contributed by atoms with Gasteiger partial charge in [0.2, 0.25) is 5.96 Å². The molecule has 0 fully saturated rings. The maximum Gasteiger partial charge on any atom is 0.302 e. The number of amides is 1. The largest absolute Gasteiger partial charge is 0.428 e. The van der Waals surface area contributed by atoms with E-state index in [9.17, 15) is 4.79 Å². The normalized spacial score (nSPS) is 17.0. The van der Waals surface area contributed by atoms with Gasteiger partial charge in [-0.3, -0.25) is 10.1 Å². The number of likely N-dealkylation sites (N-methyl/N-ethyl adjacent to an activating group) is 1. The van der Waals surface area contributed by atoms with E-state index < -0.39 is 6.04 Å². The predicted octanol–water partition coefficient (Wildman–Crippen LogP) is 5.34. The Morgan fingerprint density at radius 3 is 2.71 bits per heavy atom. The van der Waals surface area contributed by atoms with E-state index in [1.807, 2.05) is 61.5 Å². The number of aryl methyl sites for hydroxylation is 1. The SMILES string of the molecule is CC1=C(C(=O)N(C)c2ccccc2)C(c2ccccc2Cl)N=C(Nc2nc3c(o2)CCC=C3)N1. The van der Waals surface area contributed by atoms with E-state index in [0.717, 1.165) is 35.5 Å². The number of fused-ring (bicyclic) bond motifs is 1. The molecule has 8 heteroatoms. The van der Waals surface area contributed by atoms with E-state index in [4.69, 9.17) is 21.0 Å². The topological polar surface area (TPSA) is 82.8 Å². The van der Waals surface area contributed by atoms with E-state index >= 15 is 0 Å². The van der Waals surface area contributed by atoms with Gasteiger partial charge in [-0.1, -0.05) is 54.1 Å². The molecule has 0 saturated carbocycles. The van der Waals surface area contributed by atoms with E-state index in [2.05, 4.69) is 21.7 Å². The molecule has 1 aromatic heterocycles. The van der Waals surface area contributed by atoms with Gasteiger partial charge in [-0.2, -0.15) is 4.98 Å². The van der Waals surface area contributed by atoms with Crippen molar-refractivity contribution in [3.05, 3.63) is 94.0 Å². The first-order valence-corrected chi connectivity index (χ1v) is 11.5. The number of benzene rings is 2. The van der Waals surface area contributed by atoms with Crippen LogP contribution in [0.2, 0.25) is 5.02 Å². The molecule has 2 aromatic carbocycles. The highest BCUT2D eigenvalue weighted by atomic mass is 35.5. The molecule has 2 aliphatic rings. The van der Waals surface area contributed by atoms with Crippen LogP contribution in [0.25, 0.3) is 6.08 Å². The standard InChI is InChI=1S/C26H24ClN5O2/c1-16-22(24(33)32(2)17-10-4-3-5-11-17)23(18-12-6-7-13-19(18)27)30-25(28-16)31-26-29-20-14-8-9-15-21(20)34-26/h3-8,10-14,23H,9,15H2,1-2H3,(H2,28,29,30,31). The highest BCUT2D eigenvalue weighted by Gasteiger charge is 2.33. The van der Waals surface area contributed by atoms with Crippen molar-refractivity contribution in [1.29, 1.82) is 0 Å². The number of guanidine groups is 1. The molecule has 7 nitrogen and oxygen atoms in total. The van der Waals surface area contributed by atoms with Gasteiger partial charge in [0.15, 0.2) is 0 Å². The van der Waals surface area contributed by atoms with Crippen molar-refractivity contribution in [2.24, 2.45) is 4.99 Å². The Bertz CT molecular complexity index is 1330. The second kappa shape index (κ2) is 9.19. The summed E-state index contributed by atoms with van der Waals surface area (Å²) in [5.74, 6) is 1.11. The summed E-state index contributed by atoms with van der Waals surface area (Å²) in [6.45, 7) is 1.86. The summed E-state index contributed by atoms with van der Waals surface area (Å²) in [5, 5.41) is 6.88. The van der Waals surface area contributed by atoms with E-state index in [1.165, 1.54) is 0 Å². The first-order valence-electron chi connectivity index (χ1n) is 11.1. The Morgan fingerprint density at radius 1 is 1.18 bits per heavy atom. The number of aliphatic imine (C=N–C) groups is 1. The highest BCUT2D eigenvalue weighted by Crippen LogP contribution is 2.36. The lowest BCUT2D eigenvalue weighted by atomic mass is 9.95. The van der Waals surface area contributed by atoms with Crippen molar-refractivity contribution in [1.82, 2.24) is 10.3 Å². The van der Waals surface area contributed by atoms with Crippen molar-refractivity contribution < 1.29 is 9.21 Å². The molecular weight excluding hydrogens is 450 g/mol. The number of hydrogen-bond acceptors (Lipinski definition) is 6. The van der Waals surface area contributed by atoms with Crippen molar-refractivity contribution in [2.45, 2.75) is 25.8 Å². The van der Waals surface area contributed by atoms with Gasteiger partial charge >= 0.3 is 6.01 Å². The second-order valence-electron chi connectivity index (χ2n) is 8.16. The molecule has 0 bridgehead atoms. The number of aromatic nitrogens is 1. The lowest BCUT2D eigenvalue weighted by molar-refractivity contribution is -0.115. The number of anilines is 2. The monoisotopic (exact) mass is 473 g/mol. The number of carbonyl (C=O) groups is 1. The molecule has 0 saturated heterocycles. The Balaban J connectivity index is 1.50. The zero-order valence-electron chi connectivity index (χ0n) is 18.9. The molecule has 1 atom stereocenters. The molecule has 1 aliphatic heterocycles. The Hall–Kier alpha value is -3.84. The number of halogens is 1. The number of oxazole rings is 1. The van der Waals surface area contributed by atoms with Gasteiger partial charge in [-0.05, 0) is 37.6 Å². The quantitative estimate of drug-likeness (QED) is 0.534. The summed E-state index contributed by atoms with van der Waals surface area (Å²) in [4.78, 5) is 24.6. The average Bonchev–Trinajstić information content (AvgIpc) is 3.26. The Kier molecular flexibility index (Phi) is 5.94. The fourth-order valence-electron chi connectivity index (χ4n) is 4.13. The molecule has 34 heavy (non-hydrogen) atoms. The number of nitrogens with zero attached hydrogens (tertiary/aromatic N) is 3. The van der Waals surface area contributed by atoms with Gasteiger partial charge in [0, 0.05) is 35.4 Å². The number of rotatable bonds is 4. The first kappa shape index (κ1) is 22.0. The van der Waals surface area contributed by atoms with Gasteiger partial charge in [-0.25, -0.2) is 4.99 Å². The lowest BCUT2D eigenvalue weighted by Crippen LogP contribution is -2.39. The maximum absolute atomic E-state index is 13.7. The third-order valence-electron chi connectivity index (χ3n) is 5.89. The number of nitrogens with one attached hydrogen (secondary N) is 2. The highest BCUT2D eigenvalue weighted by molar-refractivity contribution is 6.31. The maximum atomic E-state index is 13.7. The molecular formula is C26H24ClN5O2. The van der Waals surface area contributed by atoms with Crippen LogP contribution in [-0.4, -0.2) is 23.9 Å². The van der Waals surface area contributed by atoms with Crippen LogP contribution < -0.4 is 15.5 Å². The zero-order chi connectivity index (χ0) is 23.7. The van der Waals surface area contributed by atoms with Crippen LogP contribution >= 0.6 is 11.6 Å². The third-order valence-corrected chi connectivity index (χ3v) is 6.23. The van der Waals surface area contributed by atoms with E-state index in [0.29, 0.717) is 28.3 Å². The van der Waals surface area contributed by atoms with Crippen LogP contribution in [0.3, 0.4) is 0 Å². The smallest absolute Gasteiger partial charge is 0.302 e. The number of hydrogen-bond donors (Lipinski definition) is 2. The summed E-state index contributed by atoms with van der Waals surface area (Å²) in [6.07, 6.45) is 5.77. The first-order chi connectivity index (χ1) is 16.5. The molecule has 2 heterocycles. The second-order valence-corrected chi connectivity index (χ2v) is 8.57. The fourth-order valence-corrected chi connectivity index (χ4v) is 4.36. The van der Waals surface area contributed by atoms with E-state index in [1.54, 1.807) is 18.0 Å². The fraction of sp³-hybridized carbons (Fsp3) is 0.192. The molecule has 2 N–H and O–H groups in total. The number of allylic oxidation sites excluding steroid dienone is 2. The molecule has 0 radical (unpaired) electrons. The van der Waals surface area contributed by atoms with Gasteiger partial charge in [0.1, 0.15) is 17.5 Å². The third kappa shape index (κ3) is 4.22. The minimum absolute atomic E-state index is 0.166. The van der Waals surface area contributed by atoms with Gasteiger partial charge < -0.3 is 14.6 Å². The van der Waals surface area contributed by atoms with Crippen LogP contribution in [0.5, 0.6) is 0 Å². The molecule has 0 spiro atoms. The number of para-hydroxylation sites is 1. The van der Waals surface area contributed by atoms with E-state index in [-0.39, 0.29) is 5.91 Å². The van der Waals surface area contributed by atoms with Crippen LogP contribution in [0, 0.1) is 0 Å². The van der Waals surface area contributed by atoms with Crippen molar-refractivity contribution >= 4 is 41.2 Å². The molecule has 1 unspecified atom stereocenters. The Labute approximate surface area is 202 Å². The van der Waals surface area contributed by atoms with Crippen LogP contribution in [0.4, 0.5) is 11.7 Å². The van der Waals surface area contributed by atoms with Crippen LogP contribution in [0.1, 0.15) is 36.4 Å². The van der Waals surface area contributed by atoms with Gasteiger partial charge in [0.05, 0.1) is 5.57 Å². The minimum Gasteiger partial charge on any atom is -0.428 e. The summed E-state index contributed by atoms with van der Waals surface area (Å²) in [5.41, 5.74) is 3.53. The molecule has 1 aliphatic carbocycles. The Morgan fingerprint density at radius 2 is 1.94 bits per heavy atom. The van der Waals surface area contributed by atoms with Crippen LogP contribution in [-0.2, 0) is 11.2 Å². The van der Waals surface area contributed by atoms with Gasteiger partial charge in [-0.15, -0.1) is 0 Å². The minimum atomic E-state index is -0.611. The van der Waals surface area contributed by atoms with Gasteiger partial charge in [0.25, 0.3) is 5.91 Å².